The second-order valence-electron chi connectivity index (χ2n) is 5.54. The Morgan fingerprint density at radius 2 is 0.655 bits per heavy atom. The molecule has 2 atom stereocenters. The van der Waals surface area contributed by atoms with Crippen molar-refractivity contribution in [1.82, 2.24) is 0 Å². The Bertz CT molecular complexity index is 631. The fraction of sp³-hybridized carbons (Fsp3) is 0.900. The summed E-state index contributed by atoms with van der Waals surface area (Å²) >= 11 is 0. The molecule has 0 aromatic carbocycles. The number of ketones is 1. The van der Waals surface area contributed by atoms with Crippen molar-refractivity contribution >= 4 is 5.78 Å². The zero-order chi connectivity index (χ0) is 24.1. The van der Waals surface area contributed by atoms with E-state index < -0.39 is 59.1 Å². The quantitative estimate of drug-likeness (QED) is 0.421. The van der Waals surface area contributed by atoms with Gasteiger partial charge in [0.25, 0.3) is 5.41 Å². The summed E-state index contributed by atoms with van der Waals surface area (Å²) in [6, 6.07) is 0. The predicted octanol–water partition coefficient (Wildman–Crippen LogP) is 5.49. The average molecular weight is 478 g/mol. The summed E-state index contributed by atoms with van der Waals surface area (Å²) < 4.78 is 235. The van der Waals surface area contributed by atoms with Crippen LogP contribution in [0.5, 0.6) is 0 Å². The number of carbonyl (C=O) groups is 1. The maximum atomic E-state index is 13.9. The first-order valence-corrected chi connectivity index (χ1v) is 6.11. The first-order valence-electron chi connectivity index (χ1n) is 6.11. The molecule has 1 fully saturated rings. The van der Waals surface area contributed by atoms with Gasteiger partial charge in [-0.25, -0.2) is 26.3 Å². The lowest BCUT2D eigenvalue weighted by Gasteiger charge is -2.57. The molecular weight excluding hydrogens is 478 g/mol. The Morgan fingerprint density at radius 3 is 0.793 bits per heavy atom. The van der Waals surface area contributed by atoms with Gasteiger partial charge in [0.2, 0.25) is 5.78 Å². The van der Waals surface area contributed by atoms with E-state index in [9.17, 15) is 83.8 Å². The standard InChI is InChI=1S/C10F18O/c11-2(7(17,18)19)1(29)3(12,8(20,21)22)6(15,16)4(5(2,13)14,9(23,24)25)10(26,27)28. The minimum atomic E-state index is -8.97. The lowest BCUT2D eigenvalue weighted by atomic mass is 9.55. The third kappa shape index (κ3) is 2.32. The van der Waals surface area contributed by atoms with Crippen LogP contribution in [0.3, 0.4) is 0 Å². The van der Waals surface area contributed by atoms with Crippen molar-refractivity contribution in [1.29, 1.82) is 0 Å². The van der Waals surface area contributed by atoms with Gasteiger partial charge in [0.15, 0.2) is 0 Å². The van der Waals surface area contributed by atoms with Crippen molar-refractivity contribution in [2.24, 2.45) is 5.41 Å². The van der Waals surface area contributed by atoms with Gasteiger partial charge in [-0.2, -0.15) is 52.7 Å². The summed E-state index contributed by atoms with van der Waals surface area (Å²) in [6.07, 6.45) is -33.5. The topological polar surface area (TPSA) is 17.1 Å². The van der Waals surface area contributed by atoms with Crippen molar-refractivity contribution < 1.29 is 83.8 Å². The maximum Gasteiger partial charge on any atom is 0.436 e. The molecule has 19 heteroatoms. The number of halogens is 18. The molecule has 1 aliphatic carbocycles. The highest BCUT2D eigenvalue weighted by Crippen LogP contribution is 2.77. The van der Waals surface area contributed by atoms with Crippen molar-refractivity contribution in [2.45, 2.75) is 47.9 Å². The highest BCUT2D eigenvalue weighted by atomic mass is 19.4. The van der Waals surface area contributed by atoms with Crippen LogP contribution in [0.2, 0.25) is 0 Å². The van der Waals surface area contributed by atoms with Gasteiger partial charge in [-0.05, 0) is 0 Å². The first-order chi connectivity index (χ1) is 12.2. The molecule has 0 heterocycles. The highest BCUT2D eigenvalue weighted by Gasteiger charge is 3.09. The van der Waals surface area contributed by atoms with Crippen molar-refractivity contribution in [3.63, 3.8) is 0 Å². The van der Waals surface area contributed by atoms with Gasteiger partial charge >= 0.3 is 47.9 Å². The van der Waals surface area contributed by atoms with Crippen LogP contribution < -0.4 is 0 Å². The summed E-state index contributed by atoms with van der Waals surface area (Å²) in [5.41, 5.74) is -25.6. The lowest BCUT2D eigenvalue weighted by Crippen LogP contribution is -2.90. The van der Waals surface area contributed by atoms with Crippen LogP contribution in [0.4, 0.5) is 79.0 Å². The second-order valence-corrected chi connectivity index (χ2v) is 5.54. The van der Waals surface area contributed by atoms with E-state index >= 15 is 0 Å². The van der Waals surface area contributed by atoms with Gasteiger partial charge in [-0.3, -0.25) is 4.79 Å². The number of alkyl halides is 18. The van der Waals surface area contributed by atoms with Crippen molar-refractivity contribution in [3.05, 3.63) is 0 Å². The summed E-state index contributed by atoms with van der Waals surface area (Å²) in [5.74, 6) is -23.1. The molecule has 1 aliphatic rings. The van der Waals surface area contributed by atoms with E-state index in [1.165, 1.54) is 0 Å². The predicted molar refractivity (Wildman–Crippen MR) is 49.2 cm³/mol. The Labute approximate surface area is 144 Å². The average Bonchev–Trinajstić information content (AvgIpc) is 2.36. The van der Waals surface area contributed by atoms with E-state index in [1.54, 1.807) is 0 Å². The summed E-state index contributed by atoms with van der Waals surface area (Å²) in [7, 11) is 0. The van der Waals surface area contributed by atoms with Gasteiger partial charge in [-0.1, -0.05) is 0 Å². The van der Waals surface area contributed by atoms with Crippen molar-refractivity contribution in [3.8, 4) is 0 Å². The molecule has 0 bridgehead atoms. The molecule has 1 nitrogen and oxygen atoms in total. The number of rotatable bonds is 0. The molecule has 2 unspecified atom stereocenters. The molecule has 0 spiro atoms. The fourth-order valence-electron chi connectivity index (χ4n) is 2.72. The Hall–Kier alpha value is -1.59. The Kier molecular flexibility index (Phi) is 4.87. The van der Waals surface area contributed by atoms with E-state index in [0.29, 0.717) is 0 Å². The molecule has 0 amide bonds. The SMILES string of the molecule is O=C1C(F)(C(F)(F)F)C(F)(F)C(C(F)(F)F)(C(F)(F)F)C(F)(F)C1(F)C(F)(F)F. The second kappa shape index (κ2) is 5.55. The van der Waals surface area contributed by atoms with E-state index in [0.717, 1.165) is 0 Å². The van der Waals surface area contributed by atoms with E-state index in [-0.39, 0.29) is 0 Å². The van der Waals surface area contributed by atoms with Gasteiger partial charge in [-0.15, -0.1) is 0 Å². The molecular formula is C10F18O. The van der Waals surface area contributed by atoms with E-state index in [4.69, 9.17) is 0 Å². The number of hydrogen-bond donors (Lipinski definition) is 0. The molecule has 0 aromatic heterocycles. The highest BCUT2D eigenvalue weighted by molar-refractivity contribution is 6.00. The van der Waals surface area contributed by atoms with E-state index in [2.05, 4.69) is 0 Å². The normalized spacial score (nSPS) is 33.0. The first kappa shape index (κ1) is 25.4. The van der Waals surface area contributed by atoms with Crippen LogP contribution in [-0.4, -0.2) is 53.7 Å². The molecule has 1 rings (SSSR count). The molecule has 0 radical (unpaired) electrons. The molecule has 1 saturated carbocycles. The van der Waals surface area contributed by atoms with Gasteiger partial charge in [0.1, 0.15) is 0 Å². The van der Waals surface area contributed by atoms with E-state index in [1.807, 2.05) is 0 Å². The molecule has 0 saturated heterocycles. The van der Waals surface area contributed by atoms with Crippen LogP contribution in [-0.2, 0) is 4.79 Å². The monoisotopic (exact) mass is 478 g/mol. The van der Waals surface area contributed by atoms with Gasteiger partial charge < -0.3 is 0 Å². The molecule has 172 valence electrons. The largest absolute Gasteiger partial charge is 0.436 e. The third-order valence-electron chi connectivity index (χ3n) is 4.06. The van der Waals surface area contributed by atoms with Crippen LogP contribution >= 0.6 is 0 Å². The number of Topliss-reactive ketones (excluding diaryl/α,β-unsaturated/α-hetero) is 1. The molecule has 0 aliphatic heterocycles. The van der Waals surface area contributed by atoms with Gasteiger partial charge in [0.05, 0.1) is 0 Å². The maximum absolute atomic E-state index is 13.9. The summed E-state index contributed by atoms with van der Waals surface area (Å²) in [5, 5.41) is 0. The zero-order valence-electron chi connectivity index (χ0n) is 12.2. The van der Waals surface area contributed by atoms with Crippen LogP contribution in [0.1, 0.15) is 0 Å². The summed E-state index contributed by atoms with van der Waals surface area (Å²) in [6.45, 7) is 0. The zero-order valence-corrected chi connectivity index (χ0v) is 12.2. The fourth-order valence-corrected chi connectivity index (χ4v) is 2.72. The molecule has 0 N–H and O–H groups in total. The summed E-state index contributed by atoms with van der Waals surface area (Å²) in [4.78, 5) is 11.0. The lowest BCUT2D eigenvalue weighted by molar-refractivity contribution is -0.508. The van der Waals surface area contributed by atoms with Crippen LogP contribution in [0, 0.1) is 5.41 Å². The van der Waals surface area contributed by atoms with Crippen molar-refractivity contribution in [2.75, 3.05) is 0 Å². The van der Waals surface area contributed by atoms with Gasteiger partial charge in [0, 0.05) is 0 Å². The third-order valence-corrected chi connectivity index (χ3v) is 4.06. The minimum absolute atomic E-state index is 5.64. The molecule has 29 heavy (non-hydrogen) atoms. The number of hydrogen-bond acceptors (Lipinski definition) is 1. The Morgan fingerprint density at radius 1 is 0.448 bits per heavy atom. The molecule has 0 aromatic rings. The smallest absolute Gasteiger partial charge is 0.291 e. The number of carbonyl (C=O) groups excluding carboxylic acids is 1. The van der Waals surface area contributed by atoms with Crippen LogP contribution in [0.15, 0.2) is 0 Å². The van der Waals surface area contributed by atoms with Crippen LogP contribution in [0.25, 0.3) is 0 Å². The Balaban J connectivity index is 4.54. The minimum Gasteiger partial charge on any atom is -0.291 e.